The SMILES string of the molecule is CCOC(=O)[C@H]1CCCCN1CC=C1c2ccccc2CCc2ccccc21. The number of carbonyl (C=O) groups excluding carboxylic acids is 1. The monoisotopic (exact) mass is 375 g/mol. The van der Waals surface area contributed by atoms with E-state index in [-0.39, 0.29) is 12.0 Å². The Morgan fingerprint density at radius 1 is 1.04 bits per heavy atom. The van der Waals surface area contributed by atoms with E-state index in [1.54, 1.807) is 0 Å². The minimum absolute atomic E-state index is 0.0673. The fourth-order valence-corrected chi connectivity index (χ4v) is 4.56. The Kier molecular flexibility index (Phi) is 5.92. The van der Waals surface area contributed by atoms with E-state index < -0.39 is 0 Å². The first kappa shape index (κ1) is 18.9. The molecule has 4 rings (SSSR count). The molecule has 1 aliphatic carbocycles. The summed E-state index contributed by atoms with van der Waals surface area (Å²) < 4.78 is 5.33. The molecule has 1 aliphatic heterocycles. The zero-order valence-electron chi connectivity index (χ0n) is 16.7. The highest BCUT2D eigenvalue weighted by atomic mass is 16.5. The molecule has 0 bridgehead atoms. The van der Waals surface area contributed by atoms with Crippen LogP contribution in [0.15, 0.2) is 54.6 Å². The Balaban J connectivity index is 1.67. The summed E-state index contributed by atoms with van der Waals surface area (Å²) in [5.41, 5.74) is 6.78. The first-order valence-electron chi connectivity index (χ1n) is 10.6. The maximum atomic E-state index is 12.4. The number of hydrogen-bond acceptors (Lipinski definition) is 3. The quantitative estimate of drug-likeness (QED) is 0.730. The van der Waals surface area contributed by atoms with E-state index >= 15 is 0 Å². The highest BCUT2D eigenvalue weighted by Gasteiger charge is 2.29. The molecule has 0 radical (unpaired) electrons. The van der Waals surface area contributed by atoms with Gasteiger partial charge in [0.15, 0.2) is 0 Å². The van der Waals surface area contributed by atoms with Crippen LogP contribution in [-0.4, -0.2) is 36.6 Å². The zero-order chi connectivity index (χ0) is 19.3. The topological polar surface area (TPSA) is 29.5 Å². The molecule has 0 N–H and O–H groups in total. The molecule has 3 nitrogen and oxygen atoms in total. The fourth-order valence-electron chi connectivity index (χ4n) is 4.56. The third-order valence-electron chi connectivity index (χ3n) is 5.98. The second kappa shape index (κ2) is 8.74. The molecule has 0 unspecified atom stereocenters. The highest BCUT2D eigenvalue weighted by molar-refractivity contribution is 5.84. The molecule has 0 saturated carbocycles. The van der Waals surface area contributed by atoms with Gasteiger partial charge in [-0.1, -0.05) is 61.0 Å². The van der Waals surface area contributed by atoms with E-state index in [9.17, 15) is 4.79 Å². The standard InChI is InChI=1S/C25H29NO2/c1-2-28-25(27)24-13-7-8-17-26(24)18-16-23-21-11-5-3-9-19(21)14-15-20-10-4-6-12-22(20)23/h3-6,9-12,16,24H,2,7-8,13-15,17-18H2,1H3/t24-/m1/s1. The Morgan fingerprint density at radius 2 is 1.68 bits per heavy atom. The number of aryl methyl sites for hydroxylation is 2. The molecule has 1 atom stereocenters. The summed E-state index contributed by atoms with van der Waals surface area (Å²) in [6.45, 7) is 4.06. The number of fused-ring (bicyclic) bond motifs is 2. The van der Waals surface area contributed by atoms with Gasteiger partial charge in [0.2, 0.25) is 0 Å². The van der Waals surface area contributed by atoms with Crippen molar-refractivity contribution < 1.29 is 9.53 Å². The molecule has 0 spiro atoms. The lowest BCUT2D eigenvalue weighted by atomic mass is 9.93. The summed E-state index contributed by atoms with van der Waals surface area (Å²) >= 11 is 0. The van der Waals surface area contributed by atoms with Gasteiger partial charge >= 0.3 is 5.97 Å². The van der Waals surface area contributed by atoms with Gasteiger partial charge in [-0.2, -0.15) is 0 Å². The minimum Gasteiger partial charge on any atom is -0.465 e. The minimum atomic E-state index is -0.109. The smallest absolute Gasteiger partial charge is 0.323 e. The third kappa shape index (κ3) is 3.90. The number of hydrogen-bond donors (Lipinski definition) is 0. The number of esters is 1. The number of nitrogens with zero attached hydrogens (tertiary/aromatic N) is 1. The summed E-state index contributed by atoms with van der Waals surface area (Å²) in [5.74, 6) is -0.0673. The normalized spacial score (nSPS) is 19.3. The molecular weight excluding hydrogens is 346 g/mol. The van der Waals surface area contributed by atoms with Gasteiger partial charge in [-0.25, -0.2) is 0 Å². The zero-order valence-corrected chi connectivity index (χ0v) is 16.7. The van der Waals surface area contributed by atoms with Gasteiger partial charge in [-0.3, -0.25) is 9.69 Å². The van der Waals surface area contributed by atoms with Crippen LogP contribution in [0.1, 0.15) is 48.4 Å². The third-order valence-corrected chi connectivity index (χ3v) is 5.98. The lowest BCUT2D eigenvalue weighted by Crippen LogP contribution is -2.45. The average molecular weight is 376 g/mol. The number of carbonyl (C=O) groups is 1. The molecule has 1 heterocycles. The summed E-state index contributed by atoms with van der Waals surface area (Å²) in [7, 11) is 0. The number of likely N-dealkylation sites (tertiary alicyclic amines) is 1. The second-order valence-corrected chi connectivity index (χ2v) is 7.69. The lowest BCUT2D eigenvalue weighted by molar-refractivity contribution is -0.150. The molecule has 0 amide bonds. The maximum Gasteiger partial charge on any atom is 0.323 e. The Hall–Kier alpha value is -2.39. The van der Waals surface area contributed by atoms with Crippen LogP contribution in [0.2, 0.25) is 0 Å². The van der Waals surface area contributed by atoms with Crippen molar-refractivity contribution in [3.05, 3.63) is 76.9 Å². The van der Waals surface area contributed by atoms with Crippen LogP contribution in [0.25, 0.3) is 5.57 Å². The van der Waals surface area contributed by atoms with Gasteiger partial charge in [0.1, 0.15) is 6.04 Å². The number of piperidine rings is 1. The van der Waals surface area contributed by atoms with Crippen molar-refractivity contribution in [2.24, 2.45) is 0 Å². The van der Waals surface area contributed by atoms with Gasteiger partial charge < -0.3 is 4.74 Å². The van der Waals surface area contributed by atoms with Gasteiger partial charge in [0.25, 0.3) is 0 Å². The van der Waals surface area contributed by atoms with Gasteiger partial charge in [0.05, 0.1) is 6.61 Å². The Bertz CT molecular complexity index is 821. The van der Waals surface area contributed by atoms with Crippen molar-refractivity contribution in [2.45, 2.75) is 45.1 Å². The van der Waals surface area contributed by atoms with Crippen molar-refractivity contribution in [2.75, 3.05) is 19.7 Å². The van der Waals surface area contributed by atoms with Gasteiger partial charge in [0, 0.05) is 6.54 Å². The first-order valence-corrected chi connectivity index (χ1v) is 10.6. The number of rotatable bonds is 4. The van der Waals surface area contributed by atoms with E-state index in [1.165, 1.54) is 27.8 Å². The molecule has 3 heteroatoms. The van der Waals surface area contributed by atoms with Crippen molar-refractivity contribution in [3.8, 4) is 0 Å². The van der Waals surface area contributed by atoms with Crippen molar-refractivity contribution in [1.29, 1.82) is 0 Å². The van der Waals surface area contributed by atoms with E-state index in [0.29, 0.717) is 6.61 Å². The van der Waals surface area contributed by atoms with Crippen LogP contribution in [0, 0.1) is 0 Å². The largest absolute Gasteiger partial charge is 0.465 e. The highest BCUT2D eigenvalue weighted by Crippen LogP contribution is 2.33. The van der Waals surface area contributed by atoms with Crippen LogP contribution in [0.3, 0.4) is 0 Å². The number of ether oxygens (including phenoxy) is 1. The maximum absolute atomic E-state index is 12.4. The predicted octanol–water partition coefficient (Wildman–Crippen LogP) is 4.63. The Labute approximate surface area is 168 Å². The van der Waals surface area contributed by atoms with Gasteiger partial charge in [-0.05, 0) is 67.0 Å². The van der Waals surface area contributed by atoms with E-state index in [1.807, 2.05) is 6.92 Å². The van der Waals surface area contributed by atoms with Crippen LogP contribution in [0.4, 0.5) is 0 Å². The summed E-state index contributed by atoms with van der Waals surface area (Å²) in [4.78, 5) is 14.7. The average Bonchev–Trinajstić information content (AvgIpc) is 2.89. The van der Waals surface area contributed by atoms with E-state index in [4.69, 9.17) is 4.74 Å². The first-order chi connectivity index (χ1) is 13.8. The molecule has 28 heavy (non-hydrogen) atoms. The molecule has 1 saturated heterocycles. The van der Waals surface area contributed by atoms with Crippen molar-refractivity contribution >= 4 is 11.5 Å². The lowest BCUT2D eigenvalue weighted by Gasteiger charge is -2.33. The fraction of sp³-hybridized carbons (Fsp3) is 0.400. The molecule has 146 valence electrons. The summed E-state index contributed by atoms with van der Waals surface area (Å²) in [6.07, 6.45) is 7.61. The molecule has 2 aromatic rings. The van der Waals surface area contributed by atoms with Crippen LogP contribution >= 0.6 is 0 Å². The van der Waals surface area contributed by atoms with Gasteiger partial charge in [-0.15, -0.1) is 0 Å². The molecular formula is C25H29NO2. The van der Waals surface area contributed by atoms with Crippen molar-refractivity contribution in [1.82, 2.24) is 4.90 Å². The second-order valence-electron chi connectivity index (χ2n) is 7.69. The van der Waals surface area contributed by atoms with Crippen molar-refractivity contribution in [3.63, 3.8) is 0 Å². The Morgan fingerprint density at radius 3 is 2.32 bits per heavy atom. The van der Waals surface area contributed by atoms with E-state index in [0.717, 1.165) is 45.2 Å². The molecule has 2 aliphatic rings. The summed E-state index contributed by atoms with van der Waals surface area (Å²) in [5, 5.41) is 0. The molecule has 0 aromatic heterocycles. The van der Waals surface area contributed by atoms with Crippen LogP contribution in [-0.2, 0) is 22.4 Å². The number of benzene rings is 2. The van der Waals surface area contributed by atoms with E-state index in [2.05, 4.69) is 59.5 Å². The van der Waals surface area contributed by atoms with Crippen LogP contribution < -0.4 is 0 Å². The summed E-state index contributed by atoms with van der Waals surface area (Å²) in [6, 6.07) is 17.4. The van der Waals surface area contributed by atoms with Crippen LogP contribution in [0.5, 0.6) is 0 Å². The predicted molar refractivity (Wildman–Crippen MR) is 113 cm³/mol. The molecule has 1 fully saturated rings. The molecule has 2 aromatic carbocycles.